The Bertz CT molecular complexity index is 1110. The van der Waals surface area contributed by atoms with Gasteiger partial charge in [-0.3, -0.25) is 4.90 Å². The summed E-state index contributed by atoms with van der Waals surface area (Å²) < 4.78 is 17.7. The van der Waals surface area contributed by atoms with E-state index in [1.54, 1.807) is 0 Å². The molecule has 0 saturated carbocycles. The zero-order valence-electron chi connectivity index (χ0n) is 20.4. The van der Waals surface area contributed by atoms with Crippen LogP contribution in [-0.4, -0.2) is 50.3 Å². The van der Waals surface area contributed by atoms with Crippen molar-refractivity contribution in [2.75, 3.05) is 44.4 Å². The topological polar surface area (TPSA) is 55.1 Å². The molecule has 1 atom stereocenters. The number of hydrogen-bond acceptors (Lipinski definition) is 6. The van der Waals surface area contributed by atoms with E-state index in [1.807, 2.05) is 6.92 Å². The number of fused-ring (bicyclic) bond motifs is 1. The van der Waals surface area contributed by atoms with Gasteiger partial charge in [0, 0.05) is 31.7 Å². The first-order valence-electron chi connectivity index (χ1n) is 12.7. The molecule has 2 aromatic carbocycles. The lowest BCUT2D eigenvalue weighted by Gasteiger charge is -2.35. The number of morpholine rings is 1. The largest absolute Gasteiger partial charge is 0.462 e. The van der Waals surface area contributed by atoms with Gasteiger partial charge in [-0.05, 0) is 37.3 Å². The minimum atomic E-state index is -0.280. The molecular formula is C29H34N2O4. The van der Waals surface area contributed by atoms with Crippen LogP contribution in [0.4, 0.5) is 5.88 Å². The van der Waals surface area contributed by atoms with Gasteiger partial charge in [-0.2, -0.15) is 0 Å². The molecular weight excluding hydrogens is 440 g/mol. The SMILES string of the molecule is CCOC(=O)c1c(N2CCOCC2)oc2c1CCN(Cc1ccccc1)C2CCc1ccccc1. The molecule has 6 nitrogen and oxygen atoms in total. The molecule has 0 N–H and O–H groups in total. The highest BCUT2D eigenvalue weighted by Crippen LogP contribution is 2.42. The van der Waals surface area contributed by atoms with Gasteiger partial charge >= 0.3 is 5.97 Å². The first-order chi connectivity index (χ1) is 17.2. The standard InChI is InChI=1S/C29H34N2O4/c1-2-34-29(32)26-24-15-16-31(21-23-11-7-4-8-12-23)25(14-13-22-9-5-3-6-10-22)27(24)35-28(26)30-17-19-33-20-18-30/h3-12,25H,2,13-21H2,1H3. The van der Waals surface area contributed by atoms with E-state index < -0.39 is 0 Å². The molecule has 1 aromatic heterocycles. The highest BCUT2D eigenvalue weighted by molar-refractivity contribution is 5.97. The number of anilines is 1. The molecule has 3 heterocycles. The number of furan rings is 1. The van der Waals surface area contributed by atoms with Crippen molar-refractivity contribution in [2.24, 2.45) is 0 Å². The van der Waals surface area contributed by atoms with Gasteiger partial charge in [0.1, 0.15) is 11.3 Å². The van der Waals surface area contributed by atoms with Crippen LogP contribution in [0.2, 0.25) is 0 Å². The first kappa shape index (κ1) is 23.6. The summed E-state index contributed by atoms with van der Waals surface area (Å²) in [4.78, 5) is 17.8. The van der Waals surface area contributed by atoms with E-state index in [1.165, 1.54) is 11.1 Å². The molecule has 6 heteroatoms. The third-order valence-corrected chi connectivity index (χ3v) is 6.97. The van der Waals surface area contributed by atoms with Crippen LogP contribution >= 0.6 is 0 Å². The van der Waals surface area contributed by atoms with Gasteiger partial charge in [-0.15, -0.1) is 0 Å². The van der Waals surface area contributed by atoms with Gasteiger partial charge in [0.2, 0.25) is 5.88 Å². The molecule has 2 aliphatic rings. The number of rotatable bonds is 8. The minimum absolute atomic E-state index is 0.0853. The van der Waals surface area contributed by atoms with Crippen molar-refractivity contribution in [3.63, 3.8) is 0 Å². The molecule has 0 radical (unpaired) electrons. The summed E-state index contributed by atoms with van der Waals surface area (Å²) in [7, 11) is 0. The van der Waals surface area contributed by atoms with E-state index in [4.69, 9.17) is 13.9 Å². The number of ether oxygens (including phenoxy) is 2. The van der Waals surface area contributed by atoms with E-state index >= 15 is 0 Å². The van der Waals surface area contributed by atoms with Gasteiger partial charge in [0.15, 0.2) is 0 Å². The predicted octanol–water partition coefficient (Wildman–Crippen LogP) is 5.03. The number of hydrogen-bond donors (Lipinski definition) is 0. The summed E-state index contributed by atoms with van der Waals surface area (Å²) in [6.45, 7) is 6.60. The van der Waals surface area contributed by atoms with Gasteiger partial charge < -0.3 is 18.8 Å². The quantitative estimate of drug-likeness (QED) is 0.427. The summed E-state index contributed by atoms with van der Waals surface area (Å²) in [6.07, 6.45) is 2.63. The fraction of sp³-hybridized carbons (Fsp3) is 0.414. The lowest BCUT2D eigenvalue weighted by molar-refractivity contribution is 0.0523. The molecule has 35 heavy (non-hydrogen) atoms. The number of aryl methyl sites for hydroxylation is 1. The second-order valence-electron chi connectivity index (χ2n) is 9.19. The zero-order valence-corrected chi connectivity index (χ0v) is 20.4. The molecule has 1 fully saturated rings. The van der Waals surface area contributed by atoms with Gasteiger partial charge in [0.25, 0.3) is 0 Å². The average molecular weight is 475 g/mol. The molecule has 0 bridgehead atoms. The monoisotopic (exact) mass is 474 g/mol. The molecule has 3 aromatic rings. The van der Waals surface area contributed by atoms with Crippen molar-refractivity contribution < 1.29 is 18.7 Å². The van der Waals surface area contributed by atoms with Gasteiger partial charge in [-0.25, -0.2) is 4.79 Å². The molecule has 2 aliphatic heterocycles. The Kier molecular flexibility index (Phi) is 7.50. The molecule has 1 unspecified atom stereocenters. The smallest absolute Gasteiger partial charge is 0.343 e. The van der Waals surface area contributed by atoms with E-state index in [0.29, 0.717) is 44.4 Å². The summed E-state index contributed by atoms with van der Waals surface area (Å²) in [5.41, 5.74) is 4.23. The number of esters is 1. The van der Waals surface area contributed by atoms with E-state index in [-0.39, 0.29) is 12.0 Å². The Labute approximate surface area is 207 Å². The van der Waals surface area contributed by atoms with E-state index in [0.717, 1.165) is 43.7 Å². The Morgan fingerprint density at radius 3 is 2.34 bits per heavy atom. The second-order valence-corrected chi connectivity index (χ2v) is 9.19. The molecule has 0 aliphatic carbocycles. The molecule has 1 saturated heterocycles. The Morgan fingerprint density at radius 1 is 0.971 bits per heavy atom. The Hall–Kier alpha value is -3.09. The van der Waals surface area contributed by atoms with Crippen LogP contribution < -0.4 is 4.90 Å². The highest BCUT2D eigenvalue weighted by atomic mass is 16.5. The normalized spacial score (nSPS) is 18.3. The van der Waals surface area contributed by atoms with Crippen LogP contribution in [-0.2, 0) is 28.9 Å². The van der Waals surface area contributed by atoms with Crippen molar-refractivity contribution >= 4 is 11.9 Å². The lowest BCUT2D eigenvalue weighted by atomic mass is 9.92. The number of carbonyl (C=O) groups excluding carboxylic acids is 1. The van der Waals surface area contributed by atoms with Crippen molar-refractivity contribution in [1.82, 2.24) is 4.90 Å². The van der Waals surface area contributed by atoms with Gasteiger partial charge in [0.05, 0.1) is 25.9 Å². The fourth-order valence-electron chi connectivity index (χ4n) is 5.24. The summed E-state index contributed by atoms with van der Waals surface area (Å²) in [6, 6.07) is 21.3. The predicted molar refractivity (Wildman–Crippen MR) is 136 cm³/mol. The maximum atomic E-state index is 13.1. The first-order valence-corrected chi connectivity index (χ1v) is 12.7. The number of carbonyl (C=O) groups is 1. The van der Waals surface area contributed by atoms with Crippen LogP contribution in [0.3, 0.4) is 0 Å². The maximum absolute atomic E-state index is 13.1. The third kappa shape index (κ3) is 5.29. The van der Waals surface area contributed by atoms with Crippen LogP contribution in [0.1, 0.15) is 52.2 Å². The van der Waals surface area contributed by atoms with Crippen molar-refractivity contribution in [2.45, 2.75) is 38.8 Å². The van der Waals surface area contributed by atoms with Crippen molar-refractivity contribution in [3.8, 4) is 0 Å². The molecule has 0 spiro atoms. The number of nitrogens with zero attached hydrogens (tertiary/aromatic N) is 2. The fourth-order valence-corrected chi connectivity index (χ4v) is 5.24. The van der Waals surface area contributed by atoms with Crippen LogP contribution in [0.5, 0.6) is 0 Å². The Balaban J connectivity index is 1.51. The molecule has 184 valence electrons. The zero-order chi connectivity index (χ0) is 24.0. The van der Waals surface area contributed by atoms with E-state index in [2.05, 4.69) is 70.5 Å². The minimum Gasteiger partial charge on any atom is -0.462 e. The van der Waals surface area contributed by atoms with E-state index in [9.17, 15) is 4.79 Å². The highest BCUT2D eigenvalue weighted by Gasteiger charge is 2.38. The second kappa shape index (κ2) is 11.1. The maximum Gasteiger partial charge on any atom is 0.343 e. The van der Waals surface area contributed by atoms with Crippen LogP contribution in [0, 0.1) is 0 Å². The lowest BCUT2D eigenvalue weighted by Crippen LogP contribution is -2.37. The Morgan fingerprint density at radius 2 is 1.66 bits per heavy atom. The number of benzene rings is 2. The van der Waals surface area contributed by atoms with Crippen molar-refractivity contribution in [3.05, 3.63) is 88.7 Å². The summed E-state index contributed by atoms with van der Waals surface area (Å²) in [5, 5.41) is 0. The molecule has 0 amide bonds. The molecule has 5 rings (SSSR count). The third-order valence-electron chi connectivity index (χ3n) is 6.97. The average Bonchev–Trinajstić information content (AvgIpc) is 3.30. The van der Waals surface area contributed by atoms with Crippen LogP contribution in [0.25, 0.3) is 0 Å². The van der Waals surface area contributed by atoms with Gasteiger partial charge in [-0.1, -0.05) is 60.7 Å². The van der Waals surface area contributed by atoms with Crippen molar-refractivity contribution in [1.29, 1.82) is 0 Å². The van der Waals surface area contributed by atoms with Crippen LogP contribution in [0.15, 0.2) is 65.1 Å². The summed E-state index contributed by atoms with van der Waals surface area (Å²) >= 11 is 0. The summed E-state index contributed by atoms with van der Waals surface area (Å²) in [5.74, 6) is 1.30.